The van der Waals surface area contributed by atoms with Crippen molar-refractivity contribution in [2.24, 2.45) is 0 Å². The topological polar surface area (TPSA) is 78.4 Å². The highest BCUT2D eigenvalue weighted by molar-refractivity contribution is 5.94. The first kappa shape index (κ1) is 17.3. The quantitative estimate of drug-likeness (QED) is 0.780. The third-order valence-electron chi connectivity index (χ3n) is 3.08. The van der Waals surface area contributed by atoms with Gasteiger partial charge in [0.25, 0.3) is 0 Å². The van der Waals surface area contributed by atoms with Gasteiger partial charge in [0, 0.05) is 11.4 Å². The fourth-order valence-electron chi connectivity index (χ4n) is 1.86. The highest BCUT2D eigenvalue weighted by Crippen LogP contribution is 2.29. The molecular formula is C16H13F3N2O3. The van der Waals surface area contributed by atoms with Crippen molar-refractivity contribution in [2.45, 2.75) is 6.18 Å². The second kappa shape index (κ2) is 7.03. The van der Waals surface area contributed by atoms with Crippen LogP contribution in [0.1, 0.15) is 15.9 Å². The molecule has 0 bridgehead atoms. The van der Waals surface area contributed by atoms with Crippen LogP contribution in [-0.4, -0.2) is 23.5 Å². The second-order valence-electron chi connectivity index (χ2n) is 4.86. The summed E-state index contributed by atoms with van der Waals surface area (Å²) < 4.78 is 37.3. The number of anilines is 2. The lowest BCUT2D eigenvalue weighted by atomic mass is 10.2. The summed E-state index contributed by atoms with van der Waals surface area (Å²) in [6.45, 7) is -0.147. The Hall–Kier alpha value is -3.03. The van der Waals surface area contributed by atoms with E-state index in [1.807, 2.05) is 0 Å². The van der Waals surface area contributed by atoms with E-state index < -0.39 is 23.6 Å². The summed E-state index contributed by atoms with van der Waals surface area (Å²) in [6, 6.07) is 9.90. The Balaban J connectivity index is 1.87. The number of alkyl halides is 3. The SMILES string of the molecule is O=C(CNc1ccc(C(F)(F)F)cc1)Nc1ccc(C(=O)O)cc1. The summed E-state index contributed by atoms with van der Waals surface area (Å²) in [5.74, 6) is -1.49. The first-order valence-corrected chi connectivity index (χ1v) is 6.80. The molecule has 0 heterocycles. The van der Waals surface area contributed by atoms with E-state index in [0.29, 0.717) is 11.4 Å². The molecule has 126 valence electrons. The van der Waals surface area contributed by atoms with Crippen LogP contribution >= 0.6 is 0 Å². The highest BCUT2D eigenvalue weighted by Gasteiger charge is 2.29. The van der Waals surface area contributed by atoms with Crippen molar-refractivity contribution in [1.29, 1.82) is 0 Å². The van der Waals surface area contributed by atoms with E-state index in [2.05, 4.69) is 10.6 Å². The molecule has 1 amide bonds. The van der Waals surface area contributed by atoms with Crippen LogP contribution < -0.4 is 10.6 Å². The average molecular weight is 338 g/mol. The number of carbonyl (C=O) groups excluding carboxylic acids is 1. The van der Waals surface area contributed by atoms with E-state index in [9.17, 15) is 22.8 Å². The number of carboxylic acid groups (broad SMARTS) is 1. The number of benzene rings is 2. The summed E-state index contributed by atoms with van der Waals surface area (Å²) in [5, 5.41) is 14.0. The lowest BCUT2D eigenvalue weighted by Crippen LogP contribution is -2.21. The highest BCUT2D eigenvalue weighted by atomic mass is 19.4. The number of halogens is 3. The fraction of sp³-hybridized carbons (Fsp3) is 0.125. The van der Waals surface area contributed by atoms with Crippen LogP contribution in [0.25, 0.3) is 0 Å². The maximum absolute atomic E-state index is 12.4. The number of aromatic carboxylic acids is 1. The Morgan fingerprint density at radius 1 is 0.917 bits per heavy atom. The fourth-order valence-corrected chi connectivity index (χ4v) is 1.86. The lowest BCUT2D eigenvalue weighted by molar-refractivity contribution is -0.137. The first-order chi connectivity index (χ1) is 11.3. The molecule has 5 nitrogen and oxygen atoms in total. The Morgan fingerprint density at radius 2 is 1.46 bits per heavy atom. The predicted molar refractivity (Wildman–Crippen MR) is 82.0 cm³/mol. The number of hydrogen-bond acceptors (Lipinski definition) is 3. The van der Waals surface area contributed by atoms with Gasteiger partial charge in [-0.25, -0.2) is 4.79 Å². The molecule has 0 saturated heterocycles. The average Bonchev–Trinajstić information content (AvgIpc) is 2.53. The van der Waals surface area contributed by atoms with Gasteiger partial charge in [0.05, 0.1) is 17.7 Å². The van der Waals surface area contributed by atoms with Gasteiger partial charge in [0.2, 0.25) is 5.91 Å². The molecule has 0 fully saturated rings. The molecule has 24 heavy (non-hydrogen) atoms. The van der Waals surface area contributed by atoms with Crippen molar-refractivity contribution in [3.8, 4) is 0 Å². The van der Waals surface area contributed by atoms with E-state index in [1.54, 1.807) is 0 Å². The number of hydrogen-bond donors (Lipinski definition) is 3. The molecular weight excluding hydrogens is 325 g/mol. The minimum Gasteiger partial charge on any atom is -0.478 e. The van der Waals surface area contributed by atoms with E-state index >= 15 is 0 Å². The number of carboxylic acids is 1. The molecule has 0 aliphatic rings. The van der Waals surface area contributed by atoms with Crippen LogP contribution in [0, 0.1) is 0 Å². The molecule has 3 N–H and O–H groups in total. The Morgan fingerprint density at radius 3 is 1.96 bits per heavy atom. The normalized spacial score (nSPS) is 11.0. The van der Waals surface area contributed by atoms with Gasteiger partial charge < -0.3 is 15.7 Å². The van der Waals surface area contributed by atoms with Crippen LogP contribution in [-0.2, 0) is 11.0 Å². The largest absolute Gasteiger partial charge is 0.478 e. The third kappa shape index (κ3) is 4.73. The Bertz CT molecular complexity index is 726. The summed E-state index contributed by atoms with van der Waals surface area (Å²) in [7, 11) is 0. The Labute approximate surface area is 135 Å². The maximum atomic E-state index is 12.4. The molecule has 0 unspecified atom stereocenters. The predicted octanol–water partition coefficient (Wildman–Crippen LogP) is 3.45. The Kier molecular flexibility index (Phi) is 5.08. The first-order valence-electron chi connectivity index (χ1n) is 6.80. The molecule has 0 saturated carbocycles. The summed E-state index contributed by atoms with van der Waals surface area (Å²) in [4.78, 5) is 22.5. The molecule has 0 aromatic heterocycles. The van der Waals surface area contributed by atoms with Crippen molar-refractivity contribution in [3.63, 3.8) is 0 Å². The van der Waals surface area contributed by atoms with E-state index in [0.717, 1.165) is 12.1 Å². The molecule has 0 radical (unpaired) electrons. The van der Waals surface area contributed by atoms with Crippen molar-refractivity contribution in [3.05, 3.63) is 59.7 Å². The second-order valence-corrected chi connectivity index (χ2v) is 4.86. The van der Waals surface area contributed by atoms with E-state index in [-0.39, 0.29) is 12.1 Å². The smallest absolute Gasteiger partial charge is 0.416 e. The minimum absolute atomic E-state index is 0.0934. The zero-order valence-electron chi connectivity index (χ0n) is 12.2. The number of carbonyl (C=O) groups is 2. The molecule has 2 aromatic rings. The van der Waals surface area contributed by atoms with Crippen molar-refractivity contribution >= 4 is 23.3 Å². The minimum atomic E-state index is -4.40. The van der Waals surface area contributed by atoms with Gasteiger partial charge in [-0.3, -0.25) is 4.79 Å². The van der Waals surface area contributed by atoms with Gasteiger partial charge >= 0.3 is 12.1 Å². The van der Waals surface area contributed by atoms with Crippen LogP contribution in [0.15, 0.2) is 48.5 Å². The van der Waals surface area contributed by atoms with Crippen molar-refractivity contribution in [2.75, 3.05) is 17.2 Å². The molecule has 8 heteroatoms. The van der Waals surface area contributed by atoms with E-state index in [4.69, 9.17) is 5.11 Å². The van der Waals surface area contributed by atoms with Crippen LogP contribution in [0.4, 0.5) is 24.5 Å². The van der Waals surface area contributed by atoms with Gasteiger partial charge in [-0.05, 0) is 48.5 Å². The third-order valence-corrected chi connectivity index (χ3v) is 3.08. The van der Waals surface area contributed by atoms with Gasteiger partial charge in [0.15, 0.2) is 0 Å². The van der Waals surface area contributed by atoms with Gasteiger partial charge in [0.1, 0.15) is 0 Å². The zero-order valence-corrected chi connectivity index (χ0v) is 12.2. The number of nitrogens with one attached hydrogen (secondary N) is 2. The molecule has 0 atom stereocenters. The molecule has 2 rings (SSSR count). The lowest BCUT2D eigenvalue weighted by Gasteiger charge is -2.10. The van der Waals surface area contributed by atoms with Crippen molar-refractivity contribution < 1.29 is 27.9 Å². The summed E-state index contributed by atoms with van der Waals surface area (Å²) in [5.41, 5.74) is 0.116. The van der Waals surface area contributed by atoms with Gasteiger partial charge in [-0.15, -0.1) is 0 Å². The molecule has 0 aliphatic heterocycles. The maximum Gasteiger partial charge on any atom is 0.416 e. The molecule has 0 spiro atoms. The standard InChI is InChI=1S/C16H13F3N2O3/c17-16(18,19)11-3-7-12(8-4-11)20-9-14(22)21-13-5-1-10(2-6-13)15(23)24/h1-8,20H,9H2,(H,21,22)(H,23,24). The van der Waals surface area contributed by atoms with Gasteiger partial charge in [-0.1, -0.05) is 0 Å². The monoisotopic (exact) mass is 338 g/mol. The van der Waals surface area contributed by atoms with E-state index in [1.165, 1.54) is 36.4 Å². The van der Waals surface area contributed by atoms with Crippen LogP contribution in [0.2, 0.25) is 0 Å². The number of amides is 1. The van der Waals surface area contributed by atoms with Crippen molar-refractivity contribution in [1.82, 2.24) is 0 Å². The molecule has 2 aromatic carbocycles. The molecule has 0 aliphatic carbocycles. The zero-order chi connectivity index (χ0) is 17.7. The van der Waals surface area contributed by atoms with Crippen LogP contribution in [0.3, 0.4) is 0 Å². The van der Waals surface area contributed by atoms with Gasteiger partial charge in [-0.2, -0.15) is 13.2 Å². The summed E-state index contributed by atoms with van der Waals surface area (Å²) >= 11 is 0. The van der Waals surface area contributed by atoms with Crippen LogP contribution in [0.5, 0.6) is 0 Å². The summed E-state index contributed by atoms with van der Waals surface area (Å²) in [6.07, 6.45) is -4.40. The number of rotatable bonds is 5.